The molecule has 1 fully saturated rings. The molecule has 1 amide bonds. The number of carbonyl (C=O) groups excluding carboxylic acids is 1. The number of aromatic nitrogens is 1. The Hall–Kier alpha value is -0.940. The number of nitrogens with one attached hydrogen (secondary N) is 3. The molecule has 0 saturated carbocycles. The van der Waals surface area contributed by atoms with E-state index >= 15 is 0 Å². The molecule has 0 aromatic carbocycles. The maximum Gasteiger partial charge on any atom is 0.233 e. The fourth-order valence-corrected chi connectivity index (χ4v) is 3.36. The number of thiazole rings is 1. The lowest BCUT2D eigenvalue weighted by atomic mass is 10.1. The zero-order valence-corrected chi connectivity index (χ0v) is 18.3. The number of aryl methyl sites for hydroxylation is 1. The molecule has 2 rings (SSSR count). The van der Waals surface area contributed by atoms with E-state index in [-0.39, 0.29) is 29.9 Å². The molecule has 7 nitrogen and oxygen atoms in total. The highest BCUT2D eigenvalue weighted by Crippen LogP contribution is 2.12. The van der Waals surface area contributed by atoms with Gasteiger partial charge in [0.15, 0.2) is 5.96 Å². The Morgan fingerprint density at radius 1 is 1.44 bits per heavy atom. The van der Waals surface area contributed by atoms with Gasteiger partial charge in [0, 0.05) is 43.8 Å². The van der Waals surface area contributed by atoms with Crippen molar-refractivity contribution in [2.45, 2.75) is 39.3 Å². The van der Waals surface area contributed by atoms with Crippen LogP contribution in [-0.2, 0) is 11.3 Å². The molecule has 25 heavy (non-hydrogen) atoms. The fourth-order valence-electron chi connectivity index (χ4n) is 2.65. The van der Waals surface area contributed by atoms with E-state index in [0.29, 0.717) is 19.1 Å². The molecular formula is C16H29IN6OS. The SMILES string of the molecule is CCNC(=NCc1ncc(C)s1)NC1CCN(CC(=O)NC)CC1.I. The summed E-state index contributed by atoms with van der Waals surface area (Å²) in [5.41, 5.74) is 0. The summed E-state index contributed by atoms with van der Waals surface area (Å²) in [4.78, 5) is 23.8. The van der Waals surface area contributed by atoms with E-state index in [1.165, 1.54) is 4.88 Å². The van der Waals surface area contributed by atoms with Gasteiger partial charge in [-0.1, -0.05) is 0 Å². The van der Waals surface area contributed by atoms with Crippen molar-refractivity contribution in [2.24, 2.45) is 4.99 Å². The maximum atomic E-state index is 11.4. The predicted molar refractivity (Wildman–Crippen MR) is 114 cm³/mol. The van der Waals surface area contributed by atoms with E-state index in [4.69, 9.17) is 0 Å². The van der Waals surface area contributed by atoms with Gasteiger partial charge in [0.1, 0.15) is 5.01 Å². The molecule has 1 aliphatic heterocycles. The number of likely N-dealkylation sites (N-methyl/N-ethyl adjacent to an activating group) is 1. The fraction of sp³-hybridized carbons (Fsp3) is 0.688. The lowest BCUT2D eigenvalue weighted by molar-refractivity contribution is -0.122. The third-order valence-electron chi connectivity index (χ3n) is 3.96. The Kier molecular flexibility index (Phi) is 10.3. The first-order valence-corrected chi connectivity index (χ1v) is 9.31. The Morgan fingerprint density at radius 2 is 2.16 bits per heavy atom. The number of carbonyl (C=O) groups is 1. The van der Waals surface area contributed by atoms with Crippen molar-refractivity contribution in [3.8, 4) is 0 Å². The topological polar surface area (TPSA) is 81.7 Å². The quantitative estimate of drug-likeness (QED) is 0.325. The van der Waals surface area contributed by atoms with Gasteiger partial charge in [0.2, 0.25) is 5.91 Å². The number of guanidine groups is 1. The molecule has 3 N–H and O–H groups in total. The zero-order valence-electron chi connectivity index (χ0n) is 15.2. The number of hydrogen-bond acceptors (Lipinski definition) is 5. The molecule has 0 aliphatic carbocycles. The van der Waals surface area contributed by atoms with Crippen LogP contribution in [0.5, 0.6) is 0 Å². The summed E-state index contributed by atoms with van der Waals surface area (Å²) in [6.07, 6.45) is 3.91. The summed E-state index contributed by atoms with van der Waals surface area (Å²) < 4.78 is 0. The molecule has 0 bridgehead atoms. The Balaban J connectivity index is 0.00000312. The van der Waals surface area contributed by atoms with Crippen LogP contribution in [0.3, 0.4) is 0 Å². The van der Waals surface area contributed by atoms with Gasteiger partial charge in [0.25, 0.3) is 0 Å². The average molecular weight is 480 g/mol. The van der Waals surface area contributed by atoms with Crippen LogP contribution in [0.15, 0.2) is 11.2 Å². The van der Waals surface area contributed by atoms with Gasteiger partial charge < -0.3 is 16.0 Å². The Bertz CT molecular complexity index is 557. The van der Waals surface area contributed by atoms with Crippen molar-refractivity contribution in [2.75, 3.05) is 33.2 Å². The van der Waals surface area contributed by atoms with E-state index in [1.54, 1.807) is 18.4 Å². The average Bonchev–Trinajstić information content (AvgIpc) is 3.00. The monoisotopic (exact) mass is 480 g/mol. The largest absolute Gasteiger partial charge is 0.358 e. The minimum Gasteiger partial charge on any atom is -0.358 e. The highest BCUT2D eigenvalue weighted by atomic mass is 127. The second-order valence-corrected chi connectivity index (χ2v) is 7.25. The number of hydrogen-bond donors (Lipinski definition) is 3. The minimum absolute atomic E-state index is 0. The molecule has 0 unspecified atom stereocenters. The lowest BCUT2D eigenvalue weighted by Gasteiger charge is -2.32. The molecule has 9 heteroatoms. The van der Waals surface area contributed by atoms with Crippen molar-refractivity contribution < 1.29 is 4.79 Å². The summed E-state index contributed by atoms with van der Waals surface area (Å²) in [6.45, 7) is 7.90. The number of rotatable bonds is 6. The predicted octanol–water partition coefficient (Wildman–Crippen LogP) is 1.34. The molecule has 142 valence electrons. The molecule has 0 spiro atoms. The number of amides is 1. The standard InChI is InChI=1S/C16H28N6OS.HI/c1-4-18-16(20-10-15-19-9-12(2)24-15)21-13-5-7-22(8-6-13)11-14(23)17-3;/h9,13H,4-8,10-11H2,1-3H3,(H,17,23)(H2,18,20,21);1H. The molecule has 2 heterocycles. The second kappa shape index (κ2) is 11.6. The van der Waals surface area contributed by atoms with Gasteiger partial charge in [-0.15, -0.1) is 35.3 Å². The van der Waals surface area contributed by atoms with E-state index < -0.39 is 0 Å². The summed E-state index contributed by atoms with van der Waals surface area (Å²) in [5.74, 6) is 0.921. The Morgan fingerprint density at radius 3 is 2.72 bits per heavy atom. The van der Waals surface area contributed by atoms with E-state index in [9.17, 15) is 4.79 Å². The van der Waals surface area contributed by atoms with Crippen LogP contribution in [0.25, 0.3) is 0 Å². The Labute approximate surface area is 171 Å². The molecule has 1 saturated heterocycles. The van der Waals surface area contributed by atoms with Gasteiger partial charge >= 0.3 is 0 Å². The van der Waals surface area contributed by atoms with Crippen molar-refractivity contribution in [1.82, 2.24) is 25.8 Å². The minimum atomic E-state index is 0. The summed E-state index contributed by atoms with van der Waals surface area (Å²) in [7, 11) is 1.68. The molecular weight excluding hydrogens is 451 g/mol. The van der Waals surface area contributed by atoms with E-state index in [0.717, 1.165) is 43.4 Å². The number of halogens is 1. The van der Waals surface area contributed by atoms with Crippen LogP contribution in [0.1, 0.15) is 29.7 Å². The summed E-state index contributed by atoms with van der Waals surface area (Å²) >= 11 is 1.68. The van der Waals surface area contributed by atoms with Crippen molar-refractivity contribution in [3.63, 3.8) is 0 Å². The second-order valence-electron chi connectivity index (χ2n) is 5.93. The van der Waals surface area contributed by atoms with Gasteiger partial charge in [-0.05, 0) is 26.7 Å². The van der Waals surface area contributed by atoms with Crippen LogP contribution < -0.4 is 16.0 Å². The molecule has 0 atom stereocenters. The number of likely N-dealkylation sites (tertiary alicyclic amines) is 1. The lowest BCUT2D eigenvalue weighted by Crippen LogP contribution is -2.50. The third-order valence-corrected chi connectivity index (χ3v) is 4.86. The van der Waals surface area contributed by atoms with Crippen molar-refractivity contribution in [3.05, 3.63) is 16.1 Å². The van der Waals surface area contributed by atoms with Gasteiger partial charge in [0.05, 0.1) is 13.1 Å². The number of aliphatic imine (C=N–C) groups is 1. The van der Waals surface area contributed by atoms with Crippen LogP contribution >= 0.6 is 35.3 Å². The smallest absolute Gasteiger partial charge is 0.233 e. The molecule has 1 aromatic heterocycles. The normalized spacial score (nSPS) is 16.2. The number of piperidine rings is 1. The summed E-state index contributed by atoms with van der Waals surface area (Å²) in [5, 5.41) is 10.5. The third kappa shape index (κ3) is 7.87. The highest BCUT2D eigenvalue weighted by molar-refractivity contribution is 14.0. The molecule has 1 aromatic rings. The van der Waals surface area contributed by atoms with Crippen LogP contribution in [-0.4, -0.2) is 61.0 Å². The maximum absolute atomic E-state index is 11.4. The van der Waals surface area contributed by atoms with Gasteiger partial charge in [-0.25, -0.2) is 9.98 Å². The van der Waals surface area contributed by atoms with Crippen LogP contribution in [0.4, 0.5) is 0 Å². The van der Waals surface area contributed by atoms with E-state index in [1.807, 2.05) is 6.20 Å². The summed E-state index contributed by atoms with van der Waals surface area (Å²) in [6, 6.07) is 0.391. The first-order chi connectivity index (χ1) is 11.6. The first-order valence-electron chi connectivity index (χ1n) is 8.49. The van der Waals surface area contributed by atoms with E-state index in [2.05, 4.69) is 44.7 Å². The van der Waals surface area contributed by atoms with Crippen molar-refractivity contribution >= 4 is 47.2 Å². The zero-order chi connectivity index (χ0) is 17.4. The van der Waals surface area contributed by atoms with Gasteiger partial charge in [-0.2, -0.15) is 0 Å². The van der Waals surface area contributed by atoms with Crippen LogP contribution in [0, 0.1) is 6.92 Å². The van der Waals surface area contributed by atoms with Gasteiger partial charge in [-0.3, -0.25) is 9.69 Å². The molecule has 0 radical (unpaired) electrons. The van der Waals surface area contributed by atoms with Crippen LogP contribution in [0.2, 0.25) is 0 Å². The highest BCUT2D eigenvalue weighted by Gasteiger charge is 2.21. The van der Waals surface area contributed by atoms with Crippen molar-refractivity contribution in [1.29, 1.82) is 0 Å². The number of nitrogens with zero attached hydrogens (tertiary/aromatic N) is 3. The molecule has 1 aliphatic rings. The first kappa shape index (κ1) is 22.1.